The summed E-state index contributed by atoms with van der Waals surface area (Å²) in [6.07, 6.45) is 3.94. The lowest BCUT2D eigenvalue weighted by atomic mass is 9.91. The Labute approximate surface area is 127 Å². The number of hydrogen-bond donors (Lipinski definition) is 2. The van der Waals surface area contributed by atoms with Crippen molar-refractivity contribution in [2.45, 2.75) is 51.3 Å². The molecule has 1 saturated heterocycles. The van der Waals surface area contributed by atoms with Crippen molar-refractivity contribution in [3.8, 4) is 0 Å². The van der Waals surface area contributed by atoms with E-state index in [-0.39, 0.29) is 11.4 Å². The number of hydrogen-bond acceptors (Lipinski definition) is 3. The van der Waals surface area contributed by atoms with Crippen LogP contribution in [0.15, 0.2) is 24.3 Å². The fourth-order valence-electron chi connectivity index (χ4n) is 3.10. The van der Waals surface area contributed by atoms with E-state index in [1.54, 1.807) is 7.11 Å². The van der Waals surface area contributed by atoms with Gasteiger partial charge in [-0.2, -0.15) is 0 Å². The van der Waals surface area contributed by atoms with E-state index in [9.17, 15) is 4.79 Å². The standard InChI is InChI=1S/C17H26N2O2/c1-3-8-17(9-5-10-19-17)16(20)18-12-14-6-4-7-15(11-14)13-21-2/h4,6-7,11,19H,3,5,8-10,12-13H2,1-2H3,(H,18,20). The van der Waals surface area contributed by atoms with Crippen molar-refractivity contribution in [2.75, 3.05) is 13.7 Å². The van der Waals surface area contributed by atoms with E-state index < -0.39 is 0 Å². The molecular formula is C17H26N2O2. The van der Waals surface area contributed by atoms with Crippen LogP contribution >= 0.6 is 0 Å². The van der Waals surface area contributed by atoms with Crippen LogP contribution in [0.2, 0.25) is 0 Å². The van der Waals surface area contributed by atoms with Crippen LogP contribution in [0.5, 0.6) is 0 Å². The minimum absolute atomic E-state index is 0.138. The first-order chi connectivity index (χ1) is 10.2. The van der Waals surface area contributed by atoms with Crippen molar-refractivity contribution in [2.24, 2.45) is 0 Å². The van der Waals surface area contributed by atoms with Crippen LogP contribution in [-0.4, -0.2) is 25.1 Å². The Morgan fingerprint density at radius 3 is 2.90 bits per heavy atom. The average Bonchev–Trinajstić information content (AvgIpc) is 2.96. The Balaban J connectivity index is 1.95. The Kier molecular flexibility index (Phi) is 5.76. The number of ether oxygens (including phenoxy) is 1. The molecule has 0 radical (unpaired) electrons. The third-order valence-electron chi connectivity index (χ3n) is 4.11. The fourth-order valence-corrected chi connectivity index (χ4v) is 3.10. The number of amides is 1. The number of carbonyl (C=O) groups excluding carboxylic acids is 1. The zero-order valence-electron chi connectivity index (χ0n) is 13.1. The van der Waals surface area contributed by atoms with Crippen LogP contribution in [0.1, 0.15) is 43.7 Å². The number of benzene rings is 1. The first-order valence-corrected chi connectivity index (χ1v) is 7.80. The van der Waals surface area contributed by atoms with E-state index in [2.05, 4.69) is 23.6 Å². The summed E-state index contributed by atoms with van der Waals surface area (Å²) in [5.41, 5.74) is 1.90. The molecular weight excluding hydrogens is 264 g/mol. The van der Waals surface area contributed by atoms with Crippen LogP contribution in [0.25, 0.3) is 0 Å². The first kappa shape index (κ1) is 16.0. The quantitative estimate of drug-likeness (QED) is 0.810. The van der Waals surface area contributed by atoms with Gasteiger partial charge in [-0.1, -0.05) is 37.6 Å². The lowest BCUT2D eigenvalue weighted by Gasteiger charge is -2.27. The monoisotopic (exact) mass is 290 g/mol. The largest absolute Gasteiger partial charge is 0.380 e. The second kappa shape index (κ2) is 7.57. The van der Waals surface area contributed by atoms with Gasteiger partial charge in [0.15, 0.2) is 0 Å². The maximum Gasteiger partial charge on any atom is 0.240 e. The predicted molar refractivity (Wildman–Crippen MR) is 83.9 cm³/mol. The Morgan fingerprint density at radius 2 is 2.24 bits per heavy atom. The number of carbonyl (C=O) groups is 1. The van der Waals surface area contributed by atoms with Crippen molar-refractivity contribution in [3.05, 3.63) is 35.4 Å². The summed E-state index contributed by atoms with van der Waals surface area (Å²) < 4.78 is 5.14. The molecule has 1 atom stereocenters. The molecule has 116 valence electrons. The molecule has 1 heterocycles. The molecule has 1 amide bonds. The topological polar surface area (TPSA) is 50.4 Å². The lowest BCUT2D eigenvalue weighted by molar-refractivity contribution is -0.127. The highest BCUT2D eigenvalue weighted by Gasteiger charge is 2.39. The van der Waals surface area contributed by atoms with Crippen molar-refractivity contribution in [3.63, 3.8) is 0 Å². The van der Waals surface area contributed by atoms with Crippen molar-refractivity contribution in [1.82, 2.24) is 10.6 Å². The van der Waals surface area contributed by atoms with Gasteiger partial charge in [-0.3, -0.25) is 4.79 Å². The minimum Gasteiger partial charge on any atom is -0.380 e. The van der Waals surface area contributed by atoms with Gasteiger partial charge >= 0.3 is 0 Å². The molecule has 2 N–H and O–H groups in total. The molecule has 1 aliphatic heterocycles. The normalized spacial score (nSPS) is 21.4. The van der Waals surface area contributed by atoms with E-state index >= 15 is 0 Å². The summed E-state index contributed by atoms with van der Waals surface area (Å²) in [6, 6.07) is 8.16. The van der Waals surface area contributed by atoms with Gasteiger partial charge in [0.25, 0.3) is 0 Å². The van der Waals surface area contributed by atoms with Gasteiger partial charge < -0.3 is 15.4 Å². The molecule has 1 fully saturated rings. The number of nitrogens with one attached hydrogen (secondary N) is 2. The van der Waals surface area contributed by atoms with Crippen LogP contribution in [0.4, 0.5) is 0 Å². The van der Waals surface area contributed by atoms with E-state index in [1.807, 2.05) is 18.2 Å². The molecule has 0 saturated carbocycles. The molecule has 0 aliphatic carbocycles. The molecule has 0 aromatic heterocycles. The SMILES string of the molecule is CCCC1(C(=O)NCc2cccc(COC)c2)CCCN1. The highest BCUT2D eigenvalue weighted by Crippen LogP contribution is 2.25. The van der Waals surface area contributed by atoms with Crippen molar-refractivity contribution < 1.29 is 9.53 Å². The molecule has 0 bridgehead atoms. The zero-order chi connectivity index (χ0) is 15.1. The van der Waals surface area contributed by atoms with Gasteiger partial charge in [-0.15, -0.1) is 0 Å². The Bertz CT molecular complexity index is 468. The summed E-state index contributed by atoms with van der Waals surface area (Å²) in [4.78, 5) is 12.5. The van der Waals surface area contributed by atoms with Gasteiger partial charge in [0.2, 0.25) is 5.91 Å². The van der Waals surface area contributed by atoms with E-state index in [0.29, 0.717) is 13.2 Å². The molecule has 1 aliphatic rings. The summed E-state index contributed by atoms with van der Waals surface area (Å²) in [5, 5.41) is 6.50. The second-order valence-electron chi connectivity index (χ2n) is 5.80. The van der Waals surface area contributed by atoms with Crippen molar-refractivity contribution >= 4 is 5.91 Å². The van der Waals surface area contributed by atoms with Crippen LogP contribution in [0.3, 0.4) is 0 Å². The molecule has 0 spiro atoms. The lowest BCUT2D eigenvalue weighted by Crippen LogP contribution is -2.53. The molecule has 2 rings (SSSR count). The minimum atomic E-state index is -0.348. The molecule has 1 unspecified atom stereocenters. The van der Waals surface area contributed by atoms with E-state index in [1.165, 1.54) is 0 Å². The molecule has 1 aromatic rings. The zero-order valence-corrected chi connectivity index (χ0v) is 13.1. The summed E-state index contributed by atoms with van der Waals surface area (Å²) in [6.45, 7) is 4.24. The Morgan fingerprint density at radius 1 is 1.43 bits per heavy atom. The summed E-state index contributed by atoms with van der Waals surface area (Å²) >= 11 is 0. The maximum atomic E-state index is 12.5. The van der Waals surface area contributed by atoms with Crippen molar-refractivity contribution in [1.29, 1.82) is 0 Å². The predicted octanol–water partition coefficient (Wildman–Crippen LogP) is 2.37. The van der Waals surface area contributed by atoms with Gasteiger partial charge in [-0.05, 0) is 36.9 Å². The van der Waals surface area contributed by atoms with Gasteiger partial charge in [-0.25, -0.2) is 0 Å². The van der Waals surface area contributed by atoms with Crippen LogP contribution in [0, 0.1) is 0 Å². The molecule has 1 aromatic carbocycles. The molecule has 21 heavy (non-hydrogen) atoms. The third kappa shape index (κ3) is 4.05. The second-order valence-corrected chi connectivity index (χ2v) is 5.80. The van der Waals surface area contributed by atoms with E-state index in [0.717, 1.165) is 43.4 Å². The van der Waals surface area contributed by atoms with Crippen LogP contribution in [-0.2, 0) is 22.7 Å². The molecule has 4 nitrogen and oxygen atoms in total. The number of methoxy groups -OCH3 is 1. The van der Waals surface area contributed by atoms with E-state index in [4.69, 9.17) is 4.74 Å². The molecule has 4 heteroatoms. The highest BCUT2D eigenvalue weighted by molar-refractivity contribution is 5.86. The van der Waals surface area contributed by atoms with Gasteiger partial charge in [0.05, 0.1) is 12.1 Å². The fraction of sp³-hybridized carbons (Fsp3) is 0.588. The number of rotatable bonds is 7. The maximum absolute atomic E-state index is 12.5. The van der Waals surface area contributed by atoms with Crippen LogP contribution < -0.4 is 10.6 Å². The average molecular weight is 290 g/mol. The highest BCUT2D eigenvalue weighted by atomic mass is 16.5. The summed E-state index contributed by atoms with van der Waals surface area (Å²) in [5.74, 6) is 0.138. The first-order valence-electron chi connectivity index (χ1n) is 7.80. The summed E-state index contributed by atoms with van der Waals surface area (Å²) in [7, 11) is 1.69. The smallest absolute Gasteiger partial charge is 0.240 e. The van der Waals surface area contributed by atoms with Gasteiger partial charge in [0.1, 0.15) is 0 Å². The van der Waals surface area contributed by atoms with Gasteiger partial charge in [0, 0.05) is 13.7 Å². The Hall–Kier alpha value is -1.39. The third-order valence-corrected chi connectivity index (χ3v) is 4.11.